The van der Waals surface area contributed by atoms with Crippen LogP contribution in [0.15, 0.2) is 24.4 Å². The van der Waals surface area contributed by atoms with Crippen LogP contribution in [0.25, 0.3) is 0 Å². The van der Waals surface area contributed by atoms with Gasteiger partial charge in [-0.2, -0.15) is 0 Å². The third-order valence-electron chi connectivity index (χ3n) is 2.51. The smallest absolute Gasteiger partial charge is 0.107 e. The van der Waals surface area contributed by atoms with E-state index in [1.54, 1.807) is 0 Å². The molecule has 1 atom stereocenters. The van der Waals surface area contributed by atoms with Crippen LogP contribution < -0.4 is 0 Å². The van der Waals surface area contributed by atoms with Gasteiger partial charge in [-0.15, -0.1) is 0 Å². The summed E-state index contributed by atoms with van der Waals surface area (Å²) < 4.78 is 5.85. The van der Waals surface area contributed by atoms with E-state index in [1.807, 2.05) is 24.4 Å². The first-order valence-corrected chi connectivity index (χ1v) is 5.28. The van der Waals surface area contributed by atoms with Crippen molar-refractivity contribution in [3.05, 3.63) is 30.1 Å². The first-order valence-electron chi connectivity index (χ1n) is 5.28. The molecule has 1 rings (SSSR count). The molecular formula is C12H19NO. The number of rotatable bonds is 5. The lowest BCUT2D eigenvalue weighted by atomic mass is 9.98. The summed E-state index contributed by atoms with van der Waals surface area (Å²) >= 11 is 0. The molecule has 0 spiro atoms. The minimum atomic E-state index is -0.225. The van der Waals surface area contributed by atoms with Crippen LogP contribution in [0, 0.1) is 0 Å². The molecule has 0 saturated carbocycles. The minimum Gasteiger partial charge on any atom is -0.369 e. The van der Waals surface area contributed by atoms with Crippen molar-refractivity contribution in [1.82, 2.24) is 4.98 Å². The maximum absolute atomic E-state index is 5.85. The van der Waals surface area contributed by atoms with Gasteiger partial charge < -0.3 is 4.74 Å². The van der Waals surface area contributed by atoms with E-state index in [4.69, 9.17) is 4.74 Å². The van der Waals surface area contributed by atoms with Gasteiger partial charge in [-0.3, -0.25) is 4.98 Å². The molecule has 1 unspecified atom stereocenters. The van der Waals surface area contributed by atoms with Crippen molar-refractivity contribution in [2.24, 2.45) is 0 Å². The van der Waals surface area contributed by atoms with Gasteiger partial charge in [-0.25, -0.2) is 0 Å². The first-order chi connectivity index (χ1) is 6.73. The Kier molecular flexibility index (Phi) is 4.08. The van der Waals surface area contributed by atoms with Crippen molar-refractivity contribution in [2.75, 3.05) is 6.61 Å². The minimum absolute atomic E-state index is 0.225. The molecule has 0 radical (unpaired) electrons. The van der Waals surface area contributed by atoms with Crippen LogP contribution in [0.1, 0.15) is 39.3 Å². The van der Waals surface area contributed by atoms with Gasteiger partial charge in [-0.05, 0) is 31.9 Å². The van der Waals surface area contributed by atoms with E-state index in [2.05, 4.69) is 25.8 Å². The summed E-state index contributed by atoms with van der Waals surface area (Å²) in [5, 5.41) is 0. The Morgan fingerprint density at radius 2 is 2.14 bits per heavy atom. The first kappa shape index (κ1) is 11.2. The average molecular weight is 193 g/mol. The molecule has 0 aliphatic rings. The van der Waals surface area contributed by atoms with Crippen LogP contribution in [-0.4, -0.2) is 11.6 Å². The second-order valence-electron chi connectivity index (χ2n) is 3.65. The molecule has 14 heavy (non-hydrogen) atoms. The summed E-state index contributed by atoms with van der Waals surface area (Å²) in [6.07, 6.45) is 3.81. The van der Waals surface area contributed by atoms with E-state index in [-0.39, 0.29) is 5.60 Å². The lowest BCUT2D eigenvalue weighted by Crippen LogP contribution is -2.26. The highest BCUT2D eigenvalue weighted by molar-refractivity contribution is 5.11. The Balaban J connectivity index is 2.79. The SMILES string of the molecule is CCCOC(C)(CC)c1ccccn1. The highest BCUT2D eigenvalue weighted by Gasteiger charge is 2.25. The molecule has 0 aliphatic carbocycles. The second kappa shape index (κ2) is 5.11. The van der Waals surface area contributed by atoms with Crippen LogP contribution in [0.4, 0.5) is 0 Å². The molecule has 0 N–H and O–H groups in total. The zero-order valence-electron chi connectivity index (χ0n) is 9.29. The zero-order valence-corrected chi connectivity index (χ0v) is 9.29. The maximum Gasteiger partial charge on any atom is 0.107 e. The Morgan fingerprint density at radius 1 is 1.36 bits per heavy atom. The highest BCUT2D eigenvalue weighted by Crippen LogP contribution is 2.26. The Labute approximate surface area is 86.3 Å². The molecule has 0 amide bonds. The van der Waals surface area contributed by atoms with E-state index >= 15 is 0 Å². The molecule has 2 heteroatoms. The van der Waals surface area contributed by atoms with Crippen LogP contribution in [0.2, 0.25) is 0 Å². The summed E-state index contributed by atoms with van der Waals surface area (Å²) in [7, 11) is 0. The second-order valence-corrected chi connectivity index (χ2v) is 3.65. The van der Waals surface area contributed by atoms with Gasteiger partial charge in [0.2, 0.25) is 0 Å². The van der Waals surface area contributed by atoms with E-state index in [9.17, 15) is 0 Å². The number of pyridine rings is 1. The lowest BCUT2D eigenvalue weighted by Gasteiger charge is -2.27. The zero-order chi connectivity index (χ0) is 10.4. The van der Waals surface area contributed by atoms with Gasteiger partial charge in [0.1, 0.15) is 5.60 Å². The molecule has 2 nitrogen and oxygen atoms in total. The van der Waals surface area contributed by atoms with Crippen molar-refractivity contribution < 1.29 is 4.74 Å². The molecular weight excluding hydrogens is 174 g/mol. The van der Waals surface area contributed by atoms with E-state index in [0.717, 1.165) is 25.1 Å². The van der Waals surface area contributed by atoms with Gasteiger partial charge in [0.05, 0.1) is 5.69 Å². The van der Waals surface area contributed by atoms with Gasteiger partial charge in [0.15, 0.2) is 0 Å². The van der Waals surface area contributed by atoms with Crippen molar-refractivity contribution in [1.29, 1.82) is 0 Å². The predicted molar refractivity (Wildman–Crippen MR) is 58.1 cm³/mol. The van der Waals surface area contributed by atoms with Crippen molar-refractivity contribution in [3.63, 3.8) is 0 Å². The molecule has 0 bridgehead atoms. The highest BCUT2D eigenvalue weighted by atomic mass is 16.5. The molecule has 1 aromatic heterocycles. The van der Waals surface area contributed by atoms with Crippen LogP contribution in [-0.2, 0) is 10.3 Å². The van der Waals surface area contributed by atoms with Gasteiger partial charge in [0, 0.05) is 12.8 Å². The molecule has 1 aromatic rings. The van der Waals surface area contributed by atoms with Crippen molar-refractivity contribution in [3.8, 4) is 0 Å². The van der Waals surface area contributed by atoms with E-state index in [0.29, 0.717) is 0 Å². The van der Waals surface area contributed by atoms with Gasteiger partial charge in [-0.1, -0.05) is 19.9 Å². The fraction of sp³-hybridized carbons (Fsp3) is 0.583. The normalized spacial score (nSPS) is 15.1. The summed E-state index contributed by atoms with van der Waals surface area (Å²) in [4.78, 5) is 4.35. The number of nitrogens with zero attached hydrogens (tertiary/aromatic N) is 1. The van der Waals surface area contributed by atoms with Gasteiger partial charge >= 0.3 is 0 Å². The predicted octanol–water partition coefficient (Wildman–Crippen LogP) is 3.13. The van der Waals surface area contributed by atoms with Crippen LogP contribution >= 0.6 is 0 Å². The van der Waals surface area contributed by atoms with E-state index < -0.39 is 0 Å². The monoisotopic (exact) mass is 193 g/mol. The molecule has 0 fully saturated rings. The Bertz CT molecular complexity index is 260. The molecule has 0 aliphatic heterocycles. The Hall–Kier alpha value is -0.890. The number of hydrogen-bond acceptors (Lipinski definition) is 2. The molecule has 1 heterocycles. The third-order valence-corrected chi connectivity index (χ3v) is 2.51. The molecule has 0 saturated heterocycles. The quantitative estimate of drug-likeness (QED) is 0.716. The molecule has 78 valence electrons. The third kappa shape index (κ3) is 2.55. The van der Waals surface area contributed by atoms with E-state index in [1.165, 1.54) is 0 Å². The standard InChI is InChI=1S/C12H19NO/c1-4-10-14-12(3,5-2)11-8-6-7-9-13-11/h6-9H,4-5,10H2,1-3H3. The van der Waals surface area contributed by atoms with Crippen molar-refractivity contribution >= 4 is 0 Å². The fourth-order valence-electron chi connectivity index (χ4n) is 1.36. The largest absolute Gasteiger partial charge is 0.369 e. The van der Waals surface area contributed by atoms with Gasteiger partial charge in [0.25, 0.3) is 0 Å². The number of ether oxygens (including phenoxy) is 1. The maximum atomic E-state index is 5.85. The summed E-state index contributed by atoms with van der Waals surface area (Å²) in [6, 6.07) is 5.96. The topological polar surface area (TPSA) is 22.1 Å². The summed E-state index contributed by atoms with van der Waals surface area (Å²) in [5.74, 6) is 0. The van der Waals surface area contributed by atoms with Crippen molar-refractivity contribution in [2.45, 2.75) is 39.2 Å². The van der Waals surface area contributed by atoms with Crippen LogP contribution in [0.5, 0.6) is 0 Å². The summed E-state index contributed by atoms with van der Waals surface area (Å²) in [5.41, 5.74) is 0.799. The number of aromatic nitrogens is 1. The van der Waals surface area contributed by atoms with Crippen LogP contribution in [0.3, 0.4) is 0 Å². The fourth-order valence-corrected chi connectivity index (χ4v) is 1.36. The summed E-state index contributed by atoms with van der Waals surface area (Å²) in [6.45, 7) is 7.14. The average Bonchev–Trinajstić information content (AvgIpc) is 2.27. The molecule has 0 aromatic carbocycles. The Morgan fingerprint density at radius 3 is 2.64 bits per heavy atom. The lowest BCUT2D eigenvalue weighted by molar-refractivity contribution is -0.0421. The number of hydrogen-bond donors (Lipinski definition) is 0.